The van der Waals surface area contributed by atoms with Gasteiger partial charge >= 0.3 is 0 Å². The fraction of sp³-hybridized carbons (Fsp3) is 0.364. The highest BCUT2D eigenvalue weighted by Crippen LogP contribution is 2.46. The van der Waals surface area contributed by atoms with Crippen LogP contribution in [-0.2, 0) is 4.79 Å². The monoisotopic (exact) mass is 505 g/mol. The van der Waals surface area contributed by atoms with Gasteiger partial charge in [0.1, 0.15) is 12.4 Å². The van der Waals surface area contributed by atoms with Crippen LogP contribution in [0, 0.1) is 14.9 Å². The van der Waals surface area contributed by atoms with E-state index < -0.39 is 5.92 Å². The molecule has 1 aromatic rings. The van der Waals surface area contributed by atoms with Crippen molar-refractivity contribution in [3.8, 4) is 17.6 Å². The molecule has 2 aliphatic rings. The first-order chi connectivity index (χ1) is 13.9. The Bertz CT molecular complexity index is 959. The number of nitrogens with zero attached hydrogens (tertiary/aromatic N) is 2. The number of allylic oxidation sites excluding steroid dienone is 3. The van der Waals surface area contributed by atoms with Gasteiger partial charge in [-0.1, -0.05) is 12.7 Å². The molecule has 1 aliphatic carbocycles. The van der Waals surface area contributed by atoms with Crippen LogP contribution < -0.4 is 15.2 Å². The molecular formula is C22H24IN3O3. The molecule has 1 atom stereocenters. The topological polar surface area (TPSA) is 88.6 Å². The maximum absolute atomic E-state index is 12.9. The van der Waals surface area contributed by atoms with Crippen LogP contribution in [0.2, 0.25) is 0 Å². The third-order valence-corrected chi connectivity index (χ3v) is 5.98. The molecule has 0 aromatic heterocycles. The first-order valence-electron chi connectivity index (χ1n) is 9.54. The summed E-state index contributed by atoms with van der Waals surface area (Å²) in [6.07, 6.45) is 3.72. The van der Waals surface area contributed by atoms with Crippen molar-refractivity contribution in [1.29, 1.82) is 5.26 Å². The lowest BCUT2D eigenvalue weighted by Crippen LogP contribution is -2.36. The van der Waals surface area contributed by atoms with Gasteiger partial charge in [0, 0.05) is 24.7 Å². The van der Waals surface area contributed by atoms with E-state index in [0.717, 1.165) is 27.7 Å². The fourth-order valence-electron chi connectivity index (χ4n) is 3.90. The molecule has 1 heterocycles. The van der Waals surface area contributed by atoms with Gasteiger partial charge in [0.05, 0.1) is 27.7 Å². The first kappa shape index (κ1) is 21.2. The zero-order chi connectivity index (χ0) is 21.1. The van der Waals surface area contributed by atoms with Gasteiger partial charge in [0.25, 0.3) is 0 Å². The second-order valence-corrected chi connectivity index (χ2v) is 8.06. The summed E-state index contributed by atoms with van der Waals surface area (Å²) in [4.78, 5) is 14.7. The Balaban J connectivity index is 2.21. The lowest BCUT2D eigenvalue weighted by atomic mass is 9.76. The maximum Gasteiger partial charge on any atom is 0.174 e. The Morgan fingerprint density at radius 2 is 2.17 bits per heavy atom. The van der Waals surface area contributed by atoms with Crippen molar-refractivity contribution >= 4 is 28.4 Å². The lowest BCUT2D eigenvalue weighted by molar-refractivity contribution is -0.116. The number of carbonyl (C=O) groups is 1. The molecule has 0 saturated heterocycles. The second-order valence-electron chi connectivity index (χ2n) is 6.90. The zero-order valence-electron chi connectivity index (χ0n) is 16.6. The molecule has 7 heteroatoms. The molecule has 0 bridgehead atoms. The molecule has 2 N–H and O–H groups in total. The summed E-state index contributed by atoms with van der Waals surface area (Å²) < 4.78 is 12.5. The Kier molecular flexibility index (Phi) is 6.52. The number of halogens is 1. The number of rotatable bonds is 6. The number of nitrogens with two attached hydrogens (primary N) is 1. The highest BCUT2D eigenvalue weighted by atomic mass is 127. The molecule has 1 aromatic carbocycles. The summed E-state index contributed by atoms with van der Waals surface area (Å²) in [6, 6.07) is 6.04. The average molecular weight is 505 g/mol. The molecule has 0 unspecified atom stereocenters. The summed E-state index contributed by atoms with van der Waals surface area (Å²) in [5.41, 5.74) is 9.08. The van der Waals surface area contributed by atoms with Crippen molar-refractivity contribution in [3.63, 3.8) is 0 Å². The van der Waals surface area contributed by atoms with Crippen LogP contribution in [0.15, 0.2) is 47.5 Å². The standard InChI is InChI=1S/C22H24IN3O3/c1-4-9-29-21-15(23)10-13(11-18(21)28-5-2)19-14(12-24)22(25)26(3)16-7-6-8-17(27)20(16)19/h4,10-11,19H,1,5-9,25H2,2-3H3/t19-/m1/s1. The predicted molar refractivity (Wildman–Crippen MR) is 119 cm³/mol. The van der Waals surface area contributed by atoms with Crippen LogP contribution >= 0.6 is 22.6 Å². The summed E-state index contributed by atoms with van der Waals surface area (Å²) in [5, 5.41) is 9.88. The molecule has 0 amide bonds. The van der Waals surface area contributed by atoms with Gasteiger partial charge in [-0.15, -0.1) is 0 Å². The third-order valence-electron chi connectivity index (χ3n) is 5.18. The van der Waals surface area contributed by atoms with E-state index in [1.165, 1.54) is 0 Å². The number of benzene rings is 1. The summed E-state index contributed by atoms with van der Waals surface area (Å²) in [7, 11) is 1.82. The van der Waals surface area contributed by atoms with E-state index >= 15 is 0 Å². The number of nitriles is 1. The molecular weight excluding hydrogens is 481 g/mol. The minimum Gasteiger partial charge on any atom is -0.490 e. The number of ether oxygens (including phenoxy) is 2. The number of ketones is 1. The minimum atomic E-state index is -0.500. The van der Waals surface area contributed by atoms with E-state index in [2.05, 4.69) is 35.2 Å². The van der Waals surface area contributed by atoms with Crippen LogP contribution in [0.4, 0.5) is 0 Å². The van der Waals surface area contributed by atoms with Gasteiger partial charge in [0.15, 0.2) is 17.3 Å². The smallest absolute Gasteiger partial charge is 0.174 e. The molecule has 152 valence electrons. The lowest BCUT2D eigenvalue weighted by Gasteiger charge is -2.37. The normalized spacial score (nSPS) is 19.0. The van der Waals surface area contributed by atoms with Crippen molar-refractivity contribution < 1.29 is 14.3 Å². The molecule has 0 spiro atoms. The molecule has 0 fully saturated rings. The highest BCUT2D eigenvalue weighted by molar-refractivity contribution is 14.1. The third kappa shape index (κ3) is 3.86. The van der Waals surface area contributed by atoms with Crippen LogP contribution in [0.1, 0.15) is 37.7 Å². The second kappa shape index (κ2) is 8.91. The van der Waals surface area contributed by atoms with Gasteiger partial charge in [-0.05, 0) is 60.1 Å². The van der Waals surface area contributed by atoms with Gasteiger partial charge in [0.2, 0.25) is 0 Å². The van der Waals surface area contributed by atoms with E-state index in [0.29, 0.717) is 48.1 Å². The number of hydrogen-bond donors (Lipinski definition) is 1. The number of carbonyl (C=O) groups excluding carboxylic acids is 1. The number of Topliss-reactive ketones (excluding diaryl/α,β-unsaturated/α-hetero) is 1. The van der Waals surface area contributed by atoms with E-state index in [9.17, 15) is 10.1 Å². The Morgan fingerprint density at radius 3 is 2.83 bits per heavy atom. The number of hydrogen-bond acceptors (Lipinski definition) is 6. The molecule has 6 nitrogen and oxygen atoms in total. The molecule has 0 radical (unpaired) electrons. The van der Waals surface area contributed by atoms with Crippen molar-refractivity contribution in [2.24, 2.45) is 5.73 Å². The zero-order valence-corrected chi connectivity index (χ0v) is 18.8. The molecule has 3 rings (SSSR count). The van der Waals surface area contributed by atoms with Gasteiger partial charge in [-0.25, -0.2) is 0 Å². The first-order valence-corrected chi connectivity index (χ1v) is 10.6. The van der Waals surface area contributed by atoms with Crippen LogP contribution in [-0.4, -0.2) is 30.9 Å². The van der Waals surface area contributed by atoms with Crippen molar-refractivity contribution in [2.75, 3.05) is 20.3 Å². The van der Waals surface area contributed by atoms with Crippen molar-refractivity contribution in [3.05, 3.63) is 56.6 Å². The molecule has 29 heavy (non-hydrogen) atoms. The average Bonchev–Trinajstić information content (AvgIpc) is 2.70. The van der Waals surface area contributed by atoms with E-state index in [4.69, 9.17) is 15.2 Å². The largest absolute Gasteiger partial charge is 0.490 e. The van der Waals surface area contributed by atoms with Gasteiger partial charge in [-0.2, -0.15) is 5.26 Å². The van der Waals surface area contributed by atoms with E-state index in [1.807, 2.05) is 26.1 Å². The van der Waals surface area contributed by atoms with Crippen LogP contribution in [0.5, 0.6) is 11.5 Å². The summed E-state index contributed by atoms with van der Waals surface area (Å²) in [6.45, 7) is 6.41. The molecule has 1 aliphatic heterocycles. The van der Waals surface area contributed by atoms with Crippen LogP contribution in [0.3, 0.4) is 0 Å². The van der Waals surface area contributed by atoms with Crippen LogP contribution in [0.25, 0.3) is 0 Å². The van der Waals surface area contributed by atoms with E-state index in [-0.39, 0.29) is 5.78 Å². The van der Waals surface area contributed by atoms with Gasteiger partial charge < -0.3 is 20.1 Å². The Hall–Kier alpha value is -2.47. The highest BCUT2D eigenvalue weighted by Gasteiger charge is 2.39. The van der Waals surface area contributed by atoms with E-state index in [1.54, 1.807) is 11.0 Å². The quantitative estimate of drug-likeness (QED) is 0.465. The van der Waals surface area contributed by atoms with Crippen molar-refractivity contribution in [1.82, 2.24) is 4.90 Å². The molecule has 0 saturated carbocycles. The summed E-state index contributed by atoms with van der Waals surface area (Å²) >= 11 is 2.19. The fourth-order valence-corrected chi connectivity index (χ4v) is 4.68. The maximum atomic E-state index is 12.9. The predicted octanol–water partition coefficient (Wildman–Crippen LogP) is 3.98. The van der Waals surface area contributed by atoms with Crippen molar-refractivity contribution in [2.45, 2.75) is 32.1 Å². The Morgan fingerprint density at radius 1 is 1.41 bits per heavy atom. The SMILES string of the molecule is C=CCOc1c(I)cc([C@@H]2C(C#N)=C(N)N(C)C3=C2C(=O)CCC3)cc1OCC. The Labute approximate surface area is 184 Å². The summed E-state index contributed by atoms with van der Waals surface area (Å²) in [5.74, 6) is 1.18. The van der Waals surface area contributed by atoms with Gasteiger partial charge in [-0.3, -0.25) is 4.79 Å². The minimum absolute atomic E-state index is 0.0725.